The van der Waals surface area contributed by atoms with Gasteiger partial charge < -0.3 is 5.32 Å². The monoisotopic (exact) mass is 339 g/mol. The van der Waals surface area contributed by atoms with Crippen molar-refractivity contribution in [2.75, 3.05) is 13.1 Å². The van der Waals surface area contributed by atoms with Gasteiger partial charge in [0.05, 0.1) is 30.4 Å². The van der Waals surface area contributed by atoms with Crippen LogP contribution < -0.4 is 5.32 Å². The Hall–Kier alpha value is -1.82. The van der Waals surface area contributed by atoms with Crippen molar-refractivity contribution >= 4 is 43.1 Å². The van der Waals surface area contributed by atoms with Crippen LogP contribution in [-0.2, 0) is 12.8 Å². The average Bonchev–Trinajstić information content (AvgIpc) is 3.17. The maximum absolute atomic E-state index is 4.67. The lowest BCUT2D eigenvalue weighted by Gasteiger charge is -2.00. The van der Waals surface area contributed by atoms with E-state index in [1.54, 1.807) is 22.7 Å². The molecule has 0 spiro atoms. The van der Waals surface area contributed by atoms with Gasteiger partial charge in [0, 0.05) is 25.9 Å². The van der Waals surface area contributed by atoms with Crippen LogP contribution in [0, 0.1) is 0 Å². The third-order valence-electron chi connectivity index (χ3n) is 3.71. The highest BCUT2D eigenvalue weighted by atomic mass is 32.1. The molecular weight excluding hydrogens is 322 g/mol. The van der Waals surface area contributed by atoms with Gasteiger partial charge in [-0.1, -0.05) is 24.3 Å². The quantitative estimate of drug-likeness (QED) is 0.533. The first-order chi connectivity index (χ1) is 11.4. The fourth-order valence-electron chi connectivity index (χ4n) is 2.57. The van der Waals surface area contributed by atoms with Crippen molar-refractivity contribution in [3.05, 3.63) is 58.5 Å². The molecule has 0 atom stereocenters. The molecule has 0 aliphatic rings. The van der Waals surface area contributed by atoms with Crippen LogP contribution in [0.25, 0.3) is 20.4 Å². The number of rotatable bonds is 6. The molecule has 4 aromatic rings. The molecule has 0 unspecified atom stereocenters. The topological polar surface area (TPSA) is 37.8 Å². The minimum atomic E-state index is 0.963. The van der Waals surface area contributed by atoms with Crippen LogP contribution in [0.1, 0.15) is 10.0 Å². The Labute approximate surface area is 143 Å². The van der Waals surface area contributed by atoms with Crippen molar-refractivity contribution < 1.29 is 0 Å². The number of thiazole rings is 2. The summed E-state index contributed by atoms with van der Waals surface area (Å²) in [5.41, 5.74) is 2.23. The molecule has 4 rings (SSSR count). The average molecular weight is 339 g/mol. The van der Waals surface area contributed by atoms with E-state index in [9.17, 15) is 0 Å². The lowest BCUT2D eigenvalue weighted by molar-refractivity contribution is 0.679. The highest BCUT2D eigenvalue weighted by molar-refractivity contribution is 7.18. The predicted molar refractivity (Wildman–Crippen MR) is 99.5 cm³/mol. The van der Waals surface area contributed by atoms with E-state index in [2.05, 4.69) is 51.7 Å². The molecular formula is C18H17N3S2. The van der Waals surface area contributed by atoms with Gasteiger partial charge in [0.25, 0.3) is 0 Å². The molecule has 5 heteroatoms. The van der Waals surface area contributed by atoms with Crippen LogP contribution >= 0.6 is 22.7 Å². The lowest BCUT2D eigenvalue weighted by Crippen LogP contribution is -2.20. The standard InChI is InChI=1S/C18H17N3S2/c1-3-7-15-13(5-1)20-17(22-15)9-11-19-12-10-18-21-14-6-2-4-8-16(14)23-18/h1-8,19H,9-12H2. The van der Waals surface area contributed by atoms with E-state index in [0.29, 0.717) is 0 Å². The van der Waals surface area contributed by atoms with Crippen LogP contribution in [0.3, 0.4) is 0 Å². The number of nitrogens with zero attached hydrogens (tertiary/aromatic N) is 2. The lowest BCUT2D eigenvalue weighted by atomic mass is 10.3. The molecule has 0 bridgehead atoms. The van der Waals surface area contributed by atoms with Gasteiger partial charge in [-0.15, -0.1) is 22.7 Å². The van der Waals surface area contributed by atoms with Crippen LogP contribution in [0.4, 0.5) is 0 Å². The largest absolute Gasteiger partial charge is 0.316 e. The molecule has 0 saturated heterocycles. The highest BCUT2D eigenvalue weighted by Crippen LogP contribution is 2.22. The molecule has 0 amide bonds. The van der Waals surface area contributed by atoms with Crippen molar-refractivity contribution in [3.63, 3.8) is 0 Å². The van der Waals surface area contributed by atoms with E-state index in [-0.39, 0.29) is 0 Å². The van der Waals surface area contributed by atoms with Gasteiger partial charge in [-0.2, -0.15) is 0 Å². The molecule has 0 radical (unpaired) electrons. The fourth-order valence-corrected chi connectivity index (χ4v) is 4.50. The Kier molecular flexibility index (Phi) is 4.33. The van der Waals surface area contributed by atoms with Crippen molar-refractivity contribution in [2.45, 2.75) is 12.8 Å². The second-order valence-electron chi connectivity index (χ2n) is 5.40. The Morgan fingerprint density at radius 2 is 1.17 bits per heavy atom. The number of hydrogen-bond acceptors (Lipinski definition) is 5. The third-order valence-corrected chi connectivity index (χ3v) is 5.90. The zero-order valence-electron chi connectivity index (χ0n) is 12.7. The molecule has 2 heterocycles. The molecule has 0 aliphatic heterocycles. The van der Waals surface area contributed by atoms with E-state index in [1.165, 1.54) is 19.4 Å². The summed E-state index contributed by atoms with van der Waals surface area (Å²) in [4.78, 5) is 9.33. The van der Waals surface area contributed by atoms with Gasteiger partial charge in [0.1, 0.15) is 0 Å². The van der Waals surface area contributed by atoms with Crippen molar-refractivity contribution in [1.82, 2.24) is 15.3 Å². The third kappa shape index (κ3) is 3.42. The first kappa shape index (κ1) is 14.8. The molecule has 2 aromatic heterocycles. The van der Waals surface area contributed by atoms with Gasteiger partial charge in [-0.25, -0.2) is 9.97 Å². The Morgan fingerprint density at radius 3 is 1.65 bits per heavy atom. The summed E-state index contributed by atoms with van der Waals surface area (Å²) in [5.74, 6) is 0. The smallest absolute Gasteiger partial charge is 0.0951 e. The normalized spacial score (nSPS) is 11.5. The molecule has 116 valence electrons. The Balaban J connectivity index is 1.27. The van der Waals surface area contributed by atoms with E-state index in [0.717, 1.165) is 37.0 Å². The molecule has 0 aliphatic carbocycles. The van der Waals surface area contributed by atoms with Gasteiger partial charge in [-0.3, -0.25) is 0 Å². The summed E-state index contributed by atoms with van der Waals surface area (Å²) in [5, 5.41) is 5.92. The summed E-state index contributed by atoms with van der Waals surface area (Å²) in [6, 6.07) is 16.7. The molecule has 0 fully saturated rings. The fraction of sp³-hybridized carbons (Fsp3) is 0.222. The van der Waals surface area contributed by atoms with Gasteiger partial charge in [0.2, 0.25) is 0 Å². The van der Waals surface area contributed by atoms with Crippen molar-refractivity contribution in [3.8, 4) is 0 Å². The minimum absolute atomic E-state index is 0.963. The summed E-state index contributed by atoms with van der Waals surface area (Å²) in [7, 11) is 0. The molecule has 0 saturated carbocycles. The van der Waals surface area contributed by atoms with E-state index in [4.69, 9.17) is 0 Å². The number of nitrogens with one attached hydrogen (secondary N) is 1. The SMILES string of the molecule is c1ccc2sc(CCNCCc3nc4ccccc4s3)nc2c1. The molecule has 23 heavy (non-hydrogen) atoms. The predicted octanol–water partition coefficient (Wildman–Crippen LogP) is 4.28. The molecule has 3 nitrogen and oxygen atoms in total. The highest BCUT2D eigenvalue weighted by Gasteiger charge is 2.04. The van der Waals surface area contributed by atoms with Crippen molar-refractivity contribution in [2.24, 2.45) is 0 Å². The zero-order valence-corrected chi connectivity index (χ0v) is 14.3. The van der Waals surface area contributed by atoms with Crippen LogP contribution in [-0.4, -0.2) is 23.1 Å². The number of benzene rings is 2. The second-order valence-corrected chi connectivity index (χ2v) is 7.63. The van der Waals surface area contributed by atoms with E-state index in [1.807, 2.05) is 12.1 Å². The van der Waals surface area contributed by atoms with Gasteiger partial charge >= 0.3 is 0 Å². The van der Waals surface area contributed by atoms with Crippen LogP contribution in [0.2, 0.25) is 0 Å². The first-order valence-corrected chi connectivity index (χ1v) is 9.41. The van der Waals surface area contributed by atoms with Crippen LogP contribution in [0.15, 0.2) is 48.5 Å². The summed E-state index contributed by atoms with van der Waals surface area (Å²) in [6.45, 7) is 1.93. The summed E-state index contributed by atoms with van der Waals surface area (Å²) < 4.78 is 2.55. The number of hydrogen-bond donors (Lipinski definition) is 1. The van der Waals surface area contributed by atoms with Crippen molar-refractivity contribution in [1.29, 1.82) is 0 Å². The molecule has 1 N–H and O–H groups in total. The van der Waals surface area contributed by atoms with Gasteiger partial charge in [0.15, 0.2) is 0 Å². The van der Waals surface area contributed by atoms with Crippen LogP contribution in [0.5, 0.6) is 0 Å². The Morgan fingerprint density at radius 1 is 0.696 bits per heavy atom. The van der Waals surface area contributed by atoms with E-state index < -0.39 is 0 Å². The second kappa shape index (κ2) is 6.74. The maximum atomic E-state index is 4.67. The first-order valence-electron chi connectivity index (χ1n) is 7.78. The minimum Gasteiger partial charge on any atom is -0.316 e. The zero-order chi connectivity index (χ0) is 15.5. The van der Waals surface area contributed by atoms with E-state index >= 15 is 0 Å². The Bertz CT molecular complexity index is 784. The molecule has 2 aromatic carbocycles. The summed E-state index contributed by atoms with van der Waals surface area (Å²) >= 11 is 3.59. The van der Waals surface area contributed by atoms with Gasteiger partial charge in [-0.05, 0) is 24.3 Å². The number of fused-ring (bicyclic) bond motifs is 2. The number of aromatic nitrogens is 2. The summed E-state index contributed by atoms with van der Waals surface area (Å²) in [6.07, 6.45) is 1.97. The maximum Gasteiger partial charge on any atom is 0.0951 e. The number of para-hydroxylation sites is 2.